The molecular weight excluding hydrogens is 228 g/mol. The second kappa shape index (κ2) is 5.50. The lowest BCUT2D eigenvalue weighted by Crippen LogP contribution is -2.59. The number of carbonyl (C=O) groups excluding carboxylic acids is 1. The molecule has 0 bridgehead atoms. The van der Waals surface area contributed by atoms with Crippen LogP contribution in [-0.2, 0) is 16.1 Å². The summed E-state index contributed by atoms with van der Waals surface area (Å²) in [7, 11) is 0. The minimum atomic E-state index is -0.571. The van der Waals surface area contributed by atoms with Crippen LogP contribution in [-0.4, -0.2) is 36.2 Å². The number of nitrogens with one attached hydrogen (secondary N) is 1. The van der Waals surface area contributed by atoms with Crippen LogP contribution in [0.2, 0.25) is 0 Å². The molecule has 1 unspecified atom stereocenters. The summed E-state index contributed by atoms with van der Waals surface area (Å²) in [5.41, 5.74) is 0.711. The van der Waals surface area contributed by atoms with Gasteiger partial charge in [0.1, 0.15) is 0 Å². The quantitative estimate of drug-likeness (QED) is 0.878. The highest BCUT2D eigenvalue weighted by atomic mass is 16.5. The van der Waals surface area contributed by atoms with Crippen molar-refractivity contribution >= 4 is 5.91 Å². The van der Waals surface area contributed by atoms with Crippen LogP contribution in [0.1, 0.15) is 19.4 Å². The fraction of sp³-hybridized carbons (Fsp3) is 0.500. The lowest BCUT2D eigenvalue weighted by atomic mass is 10.1. The van der Waals surface area contributed by atoms with E-state index < -0.39 is 5.72 Å². The zero-order chi connectivity index (χ0) is 13.0. The van der Waals surface area contributed by atoms with E-state index in [1.807, 2.05) is 25.1 Å². The van der Waals surface area contributed by atoms with Crippen LogP contribution in [0.5, 0.6) is 0 Å². The first kappa shape index (κ1) is 13.1. The first-order valence-corrected chi connectivity index (χ1v) is 6.26. The van der Waals surface area contributed by atoms with Gasteiger partial charge in [-0.25, -0.2) is 0 Å². The molecule has 4 heteroatoms. The average Bonchev–Trinajstić information content (AvgIpc) is 2.28. The van der Waals surface area contributed by atoms with Gasteiger partial charge in [-0.15, -0.1) is 0 Å². The molecule has 0 spiro atoms. The predicted molar refractivity (Wildman–Crippen MR) is 69.9 cm³/mol. The molecule has 0 radical (unpaired) electrons. The van der Waals surface area contributed by atoms with Crippen LogP contribution >= 0.6 is 0 Å². The molecular formula is C14H20N2O2. The number of ether oxygens (including phenoxy) is 1. The molecule has 0 aromatic heterocycles. The van der Waals surface area contributed by atoms with Crippen molar-refractivity contribution in [2.75, 3.05) is 19.7 Å². The standard InChI is InChI=1S/C14H20N2O2/c1-12(17)15-14(2)11-16(8-9-18-14)10-13-6-4-3-5-7-13/h3-7H,8-11H2,1-2H3,(H,15,17). The number of nitrogens with zero attached hydrogens (tertiary/aromatic N) is 1. The second-order valence-electron chi connectivity index (χ2n) is 4.96. The highest BCUT2D eigenvalue weighted by Crippen LogP contribution is 2.16. The van der Waals surface area contributed by atoms with Gasteiger partial charge >= 0.3 is 0 Å². The van der Waals surface area contributed by atoms with Gasteiger partial charge in [0.05, 0.1) is 6.61 Å². The molecule has 1 amide bonds. The third-order valence-corrected chi connectivity index (χ3v) is 3.04. The summed E-state index contributed by atoms with van der Waals surface area (Å²) >= 11 is 0. The average molecular weight is 248 g/mol. The number of hydrogen-bond acceptors (Lipinski definition) is 3. The van der Waals surface area contributed by atoms with E-state index in [0.29, 0.717) is 13.2 Å². The maximum atomic E-state index is 11.2. The van der Waals surface area contributed by atoms with Crippen molar-refractivity contribution in [2.45, 2.75) is 26.1 Å². The normalized spacial score (nSPS) is 24.8. The molecule has 1 heterocycles. The molecule has 98 valence electrons. The lowest BCUT2D eigenvalue weighted by Gasteiger charge is -2.40. The Morgan fingerprint density at radius 3 is 2.83 bits per heavy atom. The highest BCUT2D eigenvalue weighted by molar-refractivity contribution is 5.73. The van der Waals surface area contributed by atoms with E-state index in [2.05, 4.69) is 22.3 Å². The van der Waals surface area contributed by atoms with E-state index in [9.17, 15) is 4.79 Å². The SMILES string of the molecule is CC(=O)NC1(C)CN(Cc2ccccc2)CCO1. The molecule has 1 fully saturated rings. The summed E-state index contributed by atoms with van der Waals surface area (Å²) in [6.45, 7) is 6.57. The molecule has 1 aliphatic rings. The van der Waals surface area contributed by atoms with Gasteiger partial charge in [-0.05, 0) is 12.5 Å². The minimum Gasteiger partial charge on any atom is -0.353 e. The smallest absolute Gasteiger partial charge is 0.219 e. The Morgan fingerprint density at radius 2 is 2.17 bits per heavy atom. The van der Waals surface area contributed by atoms with Crippen molar-refractivity contribution in [3.8, 4) is 0 Å². The van der Waals surface area contributed by atoms with Gasteiger partial charge in [-0.2, -0.15) is 0 Å². The Hall–Kier alpha value is -1.39. The van der Waals surface area contributed by atoms with Crippen LogP contribution in [0.15, 0.2) is 30.3 Å². The number of amides is 1. The molecule has 4 nitrogen and oxygen atoms in total. The first-order chi connectivity index (χ1) is 8.57. The Balaban J connectivity index is 1.96. The van der Waals surface area contributed by atoms with Crippen LogP contribution in [0.3, 0.4) is 0 Å². The van der Waals surface area contributed by atoms with Gasteiger partial charge in [-0.3, -0.25) is 9.69 Å². The number of rotatable bonds is 3. The maximum absolute atomic E-state index is 11.2. The fourth-order valence-corrected chi connectivity index (χ4v) is 2.38. The molecule has 1 atom stereocenters. The molecule has 1 aromatic rings. The van der Waals surface area contributed by atoms with Crippen LogP contribution < -0.4 is 5.32 Å². The molecule has 1 saturated heterocycles. The summed E-state index contributed by atoms with van der Waals surface area (Å²) < 4.78 is 5.67. The molecule has 1 N–H and O–H groups in total. The zero-order valence-corrected chi connectivity index (χ0v) is 11.0. The number of hydrogen-bond donors (Lipinski definition) is 1. The monoisotopic (exact) mass is 248 g/mol. The summed E-state index contributed by atoms with van der Waals surface area (Å²) in [6, 6.07) is 10.3. The lowest BCUT2D eigenvalue weighted by molar-refractivity contribution is -0.144. The van der Waals surface area contributed by atoms with Crippen LogP contribution in [0, 0.1) is 0 Å². The molecule has 2 rings (SSSR count). The summed E-state index contributed by atoms with van der Waals surface area (Å²) in [4.78, 5) is 13.5. The van der Waals surface area contributed by atoms with Crippen molar-refractivity contribution in [2.24, 2.45) is 0 Å². The van der Waals surface area contributed by atoms with Crippen molar-refractivity contribution in [1.29, 1.82) is 0 Å². The Kier molecular flexibility index (Phi) is 3.99. The Morgan fingerprint density at radius 1 is 1.44 bits per heavy atom. The van der Waals surface area contributed by atoms with Crippen molar-refractivity contribution < 1.29 is 9.53 Å². The topological polar surface area (TPSA) is 41.6 Å². The van der Waals surface area contributed by atoms with Gasteiger partial charge in [-0.1, -0.05) is 30.3 Å². The van der Waals surface area contributed by atoms with Gasteiger partial charge in [0.15, 0.2) is 5.72 Å². The minimum absolute atomic E-state index is 0.0564. The van der Waals surface area contributed by atoms with E-state index in [4.69, 9.17) is 4.74 Å². The van der Waals surface area contributed by atoms with E-state index in [0.717, 1.165) is 13.1 Å². The summed E-state index contributed by atoms with van der Waals surface area (Å²) in [5.74, 6) is -0.0564. The van der Waals surface area contributed by atoms with Crippen molar-refractivity contribution in [3.05, 3.63) is 35.9 Å². The molecule has 0 aliphatic carbocycles. The zero-order valence-electron chi connectivity index (χ0n) is 11.0. The van der Waals surface area contributed by atoms with Crippen LogP contribution in [0.4, 0.5) is 0 Å². The number of morpholine rings is 1. The van der Waals surface area contributed by atoms with Gasteiger partial charge in [0.25, 0.3) is 0 Å². The van der Waals surface area contributed by atoms with Gasteiger partial charge in [0.2, 0.25) is 5.91 Å². The third kappa shape index (κ3) is 3.55. The number of carbonyl (C=O) groups is 1. The summed E-state index contributed by atoms with van der Waals surface area (Å²) in [6.07, 6.45) is 0. The van der Waals surface area contributed by atoms with E-state index in [-0.39, 0.29) is 5.91 Å². The molecule has 0 saturated carbocycles. The van der Waals surface area contributed by atoms with E-state index in [1.165, 1.54) is 12.5 Å². The molecule has 1 aliphatic heterocycles. The van der Waals surface area contributed by atoms with Crippen molar-refractivity contribution in [3.63, 3.8) is 0 Å². The fourth-order valence-electron chi connectivity index (χ4n) is 2.38. The predicted octanol–water partition coefficient (Wildman–Crippen LogP) is 1.37. The second-order valence-corrected chi connectivity index (χ2v) is 4.96. The van der Waals surface area contributed by atoms with Gasteiger partial charge in [0, 0.05) is 26.6 Å². The highest BCUT2D eigenvalue weighted by Gasteiger charge is 2.32. The summed E-state index contributed by atoms with van der Waals surface area (Å²) in [5, 5.41) is 2.87. The van der Waals surface area contributed by atoms with E-state index in [1.54, 1.807) is 0 Å². The largest absolute Gasteiger partial charge is 0.353 e. The van der Waals surface area contributed by atoms with Gasteiger partial charge < -0.3 is 10.1 Å². The van der Waals surface area contributed by atoms with E-state index >= 15 is 0 Å². The van der Waals surface area contributed by atoms with Crippen molar-refractivity contribution in [1.82, 2.24) is 10.2 Å². The molecule has 18 heavy (non-hydrogen) atoms. The maximum Gasteiger partial charge on any atom is 0.219 e. The third-order valence-electron chi connectivity index (χ3n) is 3.04. The first-order valence-electron chi connectivity index (χ1n) is 6.26. The Labute approximate surface area is 108 Å². The number of benzene rings is 1. The van der Waals surface area contributed by atoms with Crippen LogP contribution in [0.25, 0.3) is 0 Å². The molecule has 1 aromatic carbocycles. The Bertz CT molecular complexity index is 408.